The first-order valence-electron chi connectivity index (χ1n) is 10.9. The minimum absolute atomic E-state index is 0.0680. The van der Waals surface area contributed by atoms with E-state index in [1.165, 1.54) is 26.4 Å². The molecule has 0 heterocycles. The van der Waals surface area contributed by atoms with Gasteiger partial charge in [0.05, 0.1) is 20.5 Å². The van der Waals surface area contributed by atoms with Gasteiger partial charge in [-0.15, -0.1) is 0 Å². The van der Waals surface area contributed by atoms with Crippen molar-refractivity contribution in [3.05, 3.63) is 71.8 Å². The molecule has 0 saturated carbocycles. The molecule has 0 amide bonds. The van der Waals surface area contributed by atoms with Gasteiger partial charge in [0.1, 0.15) is 35.2 Å². The van der Waals surface area contributed by atoms with E-state index in [9.17, 15) is 18.3 Å². The zero-order chi connectivity index (χ0) is 26.5. The number of aromatic carboxylic acids is 1. The van der Waals surface area contributed by atoms with Crippen molar-refractivity contribution >= 4 is 16.1 Å². The van der Waals surface area contributed by atoms with E-state index < -0.39 is 16.1 Å². The number of hydrogen-bond acceptors (Lipinski definition) is 7. The smallest absolute Gasteiger partial charge is 0.340 e. The maximum Gasteiger partial charge on any atom is 0.340 e. The Morgan fingerprint density at radius 3 is 2.00 bits per heavy atom. The second-order valence-electron chi connectivity index (χ2n) is 8.14. The van der Waals surface area contributed by atoms with E-state index in [0.29, 0.717) is 40.4 Å². The van der Waals surface area contributed by atoms with E-state index in [2.05, 4.69) is 0 Å². The summed E-state index contributed by atoms with van der Waals surface area (Å²) >= 11 is 0. The van der Waals surface area contributed by atoms with Gasteiger partial charge < -0.3 is 23.5 Å². The molecule has 36 heavy (non-hydrogen) atoms. The number of carboxylic acids is 1. The van der Waals surface area contributed by atoms with Crippen molar-refractivity contribution in [3.63, 3.8) is 0 Å². The molecule has 0 aromatic heterocycles. The summed E-state index contributed by atoms with van der Waals surface area (Å²) in [5.74, 6) is 0.0565. The van der Waals surface area contributed by atoms with Gasteiger partial charge in [-0.25, -0.2) is 4.79 Å². The highest BCUT2D eigenvalue weighted by molar-refractivity contribution is 7.86. The van der Waals surface area contributed by atoms with Crippen LogP contribution in [-0.4, -0.2) is 46.6 Å². The van der Waals surface area contributed by atoms with Gasteiger partial charge in [0.15, 0.2) is 0 Å². The molecule has 0 saturated heterocycles. The Balaban J connectivity index is 2.11. The van der Waals surface area contributed by atoms with Crippen LogP contribution in [0.25, 0.3) is 22.3 Å². The first-order chi connectivity index (χ1) is 17.0. The Bertz CT molecular complexity index is 1370. The maximum absolute atomic E-state index is 12.5. The first kappa shape index (κ1) is 26.6. The lowest BCUT2D eigenvalue weighted by Gasteiger charge is -2.19. The number of rotatable bonds is 10. The summed E-state index contributed by atoms with van der Waals surface area (Å²) in [6, 6.07) is 14.9. The van der Waals surface area contributed by atoms with Crippen molar-refractivity contribution < 1.29 is 36.7 Å². The van der Waals surface area contributed by atoms with E-state index >= 15 is 0 Å². The number of hydrogen-bond donors (Lipinski definition) is 1. The molecule has 0 aliphatic rings. The SMILES string of the molecule is COc1cc(-c2ccc(OS(C)(=O)=O)cc2)c(OC)c(C(=O)O)c1-c1ccc(OCC=C(C)C)cc1. The van der Waals surface area contributed by atoms with Gasteiger partial charge in [-0.2, -0.15) is 8.42 Å². The van der Waals surface area contributed by atoms with Crippen LogP contribution in [0.4, 0.5) is 0 Å². The largest absolute Gasteiger partial charge is 0.496 e. The first-order valence-corrected chi connectivity index (χ1v) is 12.7. The minimum atomic E-state index is -3.68. The molecule has 0 aliphatic heterocycles. The van der Waals surface area contributed by atoms with E-state index in [-0.39, 0.29) is 17.1 Å². The molecule has 9 heteroatoms. The van der Waals surface area contributed by atoms with Gasteiger partial charge >= 0.3 is 16.1 Å². The number of methoxy groups -OCH3 is 2. The quantitative estimate of drug-likeness (QED) is 0.283. The molecule has 8 nitrogen and oxygen atoms in total. The molecule has 0 aliphatic carbocycles. The Kier molecular flexibility index (Phi) is 8.26. The van der Waals surface area contributed by atoms with Gasteiger partial charge in [0, 0.05) is 11.1 Å². The Morgan fingerprint density at radius 2 is 1.50 bits per heavy atom. The predicted molar refractivity (Wildman–Crippen MR) is 138 cm³/mol. The van der Waals surface area contributed by atoms with E-state index in [1.54, 1.807) is 42.5 Å². The number of allylic oxidation sites excluding steroid dienone is 1. The molecule has 190 valence electrons. The molecule has 0 fully saturated rings. The molecule has 3 aromatic rings. The van der Waals surface area contributed by atoms with Crippen molar-refractivity contribution in [3.8, 4) is 45.3 Å². The summed E-state index contributed by atoms with van der Waals surface area (Å²) < 4.78 is 44.6. The monoisotopic (exact) mass is 512 g/mol. The molecule has 0 bridgehead atoms. The van der Waals surface area contributed by atoms with Crippen LogP contribution in [-0.2, 0) is 10.1 Å². The van der Waals surface area contributed by atoms with E-state index in [4.69, 9.17) is 18.4 Å². The Morgan fingerprint density at radius 1 is 0.917 bits per heavy atom. The minimum Gasteiger partial charge on any atom is -0.496 e. The van der Waals surface area contributed by atoms with Gasteiger partial charge in [-0.1, -0.05) is 29.8 Å². The fourth-order valence-electron chi connectivity index (χ4n) is 3.61. The summed E-state index contributed by atoms with van der Waals surface area (Å²) in [4.78, 5) is 12.5. The molecule has 0 spiro atoms. The molecule has 0 atom stereocenters. The van der Waals surface area contributed by atoms with Crippen molar-refractivity contribution in [2.45, 2.75) is 13.8 Å². The van der Waals surface area contributed by atoms with Gasteiger partial charge in [-0.05, 0) is 61.4 Å². The number of benzene rings is 3. The average molecular weight is 513 g/mol. The third-order valence-corrected chi connectivity index (χ3v) is 5.67. The van der Waals surface area contributed by atoms with Crippen LogP contribution < -0.4 is 18.4 Å². The van der Waals surface area contributed by atoms with E-state index in [1.807, 2.05) is 19.9 Å². The zero-order valence-electron chi connectivity index (χ0n) is 20.7. The molecule has 1 N–H and O–H groups in total. The van der Waals surface area contributed by atoms with Crippen LogP contribution in [0.1, 0.15) is 24.2 Å². The standard InChI is InChI=1S/C27H28O8S/c1-17(2)14-15-34-20-10-8-19(9-11-20)24-23(32-3)16-22(26(33-4)25(24)27(28)29)18-6-12-21(13-7-18)35-36(5,30)31/h6-14,16H,15H2,1-5H3,(H,28,29). The lowest BCUT2D eigenvalue weighted by Crippen LogP contribution is -2.07. The number of carbonyl (C=O) groups is 1. The van der Waals surface area contributed by atoms with Gasteiger partial charge in [-0.3, -0.25) is 0 Å². The Labute approximate surface area is 210 Å². The molecule has 0 unspecified atom stereocenters. The summed E-state index contributed by atoms with van der Waals surface area (Å²) in [6.45, 7) is 4.41. The Hall–Kier alpha value is -3.98. The highest BCUT2D eigenvalue weighted by Crippen LogP contribution is 2.45. The highest BCUT2D eigenvalue weighted by atomic mass is 32.2. The van der Waals surface area contributed by atoms with Crippen molar-refractivity contribution in [1.29, 1.82) is 0 Å². The second kappa shape index (κ2) is 11.2. The number of ether oxygens (including phenoxy) is 3. The molecule has 0 radical (unpaired) electrons. The average Bonchev–Trinajstić information content (AvgIpc) is 2.82. The normalized spacial score (nSPS) is 10.9. The lowest BCUT2D eigenvalue weighted by atomic mass is 9.92. The van der Waals surface area contributed by atoms with Crippen molar-refractivity contribution in [2.75, 3.05) is 27.1 Å². The van der Waals surface area contributed by atoms with Crippen molar-refractivity contribution in [2.24, 2.45) is 0 Å². The van der Waals surface area contributed by atoms with Gasteiger partial charge in [0.25, 0.3) is 0 Å². The van der Waals surface area contributed by atoms with Crippen LogP contribution in [0.2, 0.25) is 0 Å². The van der Waals surface area contributed by atoms with Gasteiger partial charge in [0.2, 0.25) is 0 Å². The third kappa shape index (κ3) is 6.37. The summed E-state index contributed by atoms with van der Waals surface area (Å²) in [5, 5.41) is 10.2. The maximum atomic E-state index is 12.5. The molecule has 3 rings (SSSR count). The zero-order valence-corrected chi connectivity index (χ0v) is 21.5. The summed E-state index contributed by atoms with van der Waals surface area (Å²) in [5.41, 5.74) is 3.10. The fourth-order valence-corrected chi connectivity index (χ4v) is 4.07. The van der Waals surface area contributed by atoms with Crippen LogP contribution in [0, 0.1) is 0 Å². The highest BCUT2D eigenvalue weighted by Gasteiger charge is 2.26. The molecular weight excluding hydrogens is 484 g/mol. The van der Waals surface area contributed by atoms with Crippen molar-refractivity contribution in [1.82, 2.24) is 0 Å². The second-order valence-corrected chi connectivity index (χ2v) is 9.72. The lowest BCUT2D eigenvalue weighted by molar-refractivity contribution is 0.0694. The third-order valence-electron chi connectivity index (χ3n) is 5.18. The fraction of sp³-hybridized carbons (Fsp3) is 0.222. The molecule has 3 aromatic carbocycles. The van der Waals surface area contributed by atoms with Crippen LogP contribution >= 0.6 is 0 Å². The molecular formula is C27H28O8S. The summed E-state index contributed by atoms with van der Waals surface area (Å²) in [7, 11) is -0.828. The number of carboxylic acid groups (broad SMARTS) is 1. The van der Waals surface area contributed by atoms with Crippen LogP contribution in [0.5, 0.6) is 23.0 Å². The summed E-state index contributed by atoms with van der Waals surface area (Å²) in [6.07, 6.45) is 2.91. The van der Waals surface area contributed by atoms with Crippen LogP contribution in [0.15, 0.2) is 66.2 Å². The predicted octanol–water partition coefficient (Wildman–Crippen LogP) is 5.42. The van der Waals surface area contributed by atoms with E-state index in [0.717, 1.165) is 11.8 Å². The van der Waals surface area contributed by atoms with Crippen LogP contribution in [0.3, 0.4) is 0 Å². The topological polar surface area (TPSA) is 108 Å².